The number of hydrogen-bond acceptors (Lipinski definition) is 2. The zero-order valence-electron chi connectivity index (χ0n) is 9.41. The largest absolute Gasteiger partial charge is 0.327 e. The van der Waals surface area contributed by atoms with E-state index in [1.165, 1.54) is 45.1 Å². The fourth-order valence-electron chi connectivity index (χ4n) is 3.32. The molecule has 82 valence electrons. The van der Waals surface area contributed by atoms with E-state index in [-0.39, 0.29) is 0 Å². The van der Waals surface area contributed by atoms with Gasteiger partial charge >= 0.3 is 0 Å². The molecule has 2 fully saturated rings. The summed E-state index contributed by atoms with van der Waals surface area (Å²) in [5.74, 6) is 0.997. The van der Waals surface area contributed by atoms with Crippen LogP contribution in [0.2, 0.25) is 0 Å². The van der Waals surface area contributed by atoms with E-state index in [1.54, 1.807) is 0 Å². The SMILES string of the molecule is C[C@H](N)CN1CCCC2CCCCC21. The van der Waals surface area contributed by atoms with Crippen LogP contribution in [0.25, 0.3) is 0 Å². The van der Waals surface area contributed by atoms with Gasteiger partial charge < -0.3 is 5.73 Å². The third kappa shape index (κ3) is 2.29. The maximum absolute atomic E-state index is 5.90. The fraction of sp³-hybridized carbons (Fsp3) is 1.00. The molecule has 1 aliphatic carbocycles. The number of hydrogen-bond donors (Lipinski definition) is 1. The molecule has 0 aromatic carbocycles. The predicted octanol–water partition coefficient (Wildman–Crippen LogP) is 1.99. The number of fused-ring (bicyclic) bond motifs is 1. The van der Waals surface area contributed by atoms with Crippen LogP contribution in [0, 0.1) is 5.92 Å². The van der Waals surface area contributed by atoms with E-state index < -0.39 is 0 Å². The minimum atomic E-state index is 0.343. The Morgan fingerprint density at radius 1 is 1.21 bits per heavy atom. The van der Waals surface area contributed by atoms with E-state index in [1.807, 2.05) is 0 Å². The van der Waals surface area contributed by atoms with Crippen LogP contribution in [-0.2, 0) is 0 Å². The molecule has 3 atom stereocenters. The molecule has 0 radical (unpaired) electrons. The first-order valence-electron chi connectivity index (χ1n) is 6.27. The van der Waals surface area contributed by atoms with Crippen LogP contribution in [0.3, 0.4) is 0 Å². The summed E-state index contributed by atoms with van der Waals surface area (Å²) in [5, 5.41) is 0. The summed E-state index contributed by atoms with van der Waals surface area (Å²) in [6.07, 6.45) is 8.68. The van der Waals surface area contributed by atoms with E-state index in [2.05, 4.69) is 11.8 Å². The van der Waals surface area contributed by atoms with Gasteiger partial charge in [0.1, 0.15) is 0 Å². The van der Waals surface area contributed by atoms with Crippen molar-refractivity contribution in [3.8, 4) is 0 Å². The minimum absolute atomic E-state index is 0.343. The molecule has 2 aliphatic rings. The summed E-state index contributed by atoms with van der Waals surface area (Å²) >= 11 is 0. The van der Waals surface area contributed by atoms with Crippen LogP contribution in [0.5, 0.6) is 0 Å². The Bertz CT molecular complexity index is 177. The molecular weight excluding hydrogens is 172 g/mol. The van der Waals surface area contributed by atoms with Gasteiger partial charge in [-0.1, -0.05) is 12.8 Å². The lowest BCUT2D eigenvalue weighted by atomic mass is 9.78. The van der Waals surface area contributed by atoms with Crippen molar-refractivity contribution in [3.05, 3.63) is 0 Å². The highest BCUT2D eigenvalue weighted by Gasteiger charge is 2.32. The Hall–Kier alpha value is -0.0800. The second-order valence-electron chi connectivity index (χ2n) is 5.23. The van der Waals surface area contributed by atoms with Gasteiger partial charge in [-0.25, -0.2) is 0 Å². The van der Waals surface area contributed by atoms with E-state index in [0.29, 0.717) is 6.04 Å². The third-order valence-electron chi connectivity index (χ3n) is 3.88. The first-order valence-corrected chi connectivity index (χ1v) is 6.27. The maximum Gasteiger partial charge on any atom is 0.0139 e. The Balaban J connectivity index is 1.94. The van der Waals surface area contributed by atoms with E-state index in [9.17, 15) is 0 Å². The zero-order chi connectivity index (χ0) is 9.97. The van der Waals surface area contributed by atoms with Crippen LogP contribution >= 0.6 is 0 Å². The summed E-state index contributed by atoms with van der Waals surface area (Å²) < 4.78 is 0. The second kappa shape index (κ2) is 4.63. The normalized spacial score (nSPS) is 36.4. The predicted molar refractivity (Wildman–Crippen MR) is 60.2 cm³/mol. The molecular formula is C12H24N2. The molecule has 2 unspecified atom stereocenters. The molecule has 2 rings (SSSR count). The molecule has 0 amide bonds. The van der Waals surface area contributed by atoms with Gasteiger partial charge in [-0.2, -0.15) is 0 Å². The fourth-order valence-corrected chi connectivity index (χ4v) is 3.32. The average molecular weight is 196 g/mol. The van der Waals surface area contributed by atoms with Crippen molar-refractivity contribution >= 4 is 0 Å². The van der Waals surface area contributed by atoms with Gasteiger partial charge in [0, 0.05) is 18.6 Å². The molecule has 0 bridgehead atoms. The van der Waals surface area contributed by atoms with Crippen LogP contribution in [0.1, 0.15) is 45.4 Å². The number of nitrogens with zero attached hydrogens (tertiary/aromatic N) is 1. The van der Waals surface area contributed by atoms with Gasteiger partial charge in [0.15, 0.2) is 0 Å². The Morgan fingerprint density at radius 3 is 2.71 bits per heavy atom. The molecule has 2 nitrogen and oxygen atoms in total. The number of likely N-dealkylation sites (tertiary alicyclic amines) is 1. The summed E-state index contributed by atoms with van der Waals surface area (Å²) in [4.78, 5) is 2.66. The Labute approximate surface area is 87.8 Å². The molecule has 2 N–H and O–H groups in total. The van der Waals surface area contributed by atoms with Crippen molar-refractivity contribution < 1.29 is 0 Å². The zero-order valence-corrected chi connectivity index (χ0v) is 9.41. The van der Waals surface area contributed by atoms with Gasteiger partial charge in [-0.05, 0) is 45.1 Å². The van der Waals surface area contributed by atoms with Gasteiger partial charge in [-0.3, -0.25) is 4.90 Å². The Morgan fingerprint density at radius 2 is 1.93 bits per heavy atom. The van der Waals surface area contributed by atoms with Crippen molar-refractivity contribution in [2.45, 2.75) is 57.5 Å². The van der Waals surface area contributed by atoms with Gasteiger partial charge in [0.25, 0.3) is 0 Å². The Kier molecular flexibility index (Phi) is 3.45. The lowest BCUT2D eigenvalue weighted by Gasteiger charge is -2.44. The number of nitrogens with two attached hydrogens (primary N) is 1. The maximum atomic E-state index is 5.90. The van der Waals surface area contributed by atoms with E-state index in [4.69, 9.17) is 5.73 Å². The third-order valence-corrected chi connectivity index (χ3v) is 3.88. The molecule has 14 heavy (non-hydrogen) atoms. The highest BCUT2D eigenvalue weighted by atomic mass is 15.2. The highest BCUT2D eigenvalue weighted by molar-refractivity contribution is 4.88. The smallest absolute Gasteiger partial charge is 0.0139 e. The van der Waals surface area contributed by atoms with Crippen LogP contribution in [0.15, 0.2) is 0 Å². The summed E-state index contributed by atoms with van der Waals surface area (Å²) in [6, 6.07) is 1.22. The summed E-state index contributed by atoms with van der Waals surface area (Å²) in [5.41, 5.74) is 5.90. The quantitative estimate of drug-likeness (QED) is 0.732. The molecule has 1 heterocycles. The molecule has 0 spiro atoms. The van der Waals surface area contributed by atoms with Crippen LogP contribution in [0.4, 0.5) is 0 Å². The lowest BCUT2D eigenvalue weighted by molar-refractivity contribution is 0.0575. The minimum Gasteiger partial charge on any atom is -0.327 e. The first kappa shape index (κ1) is 10.4. The molecule has 1 saturated heterocycles. The summed E-state index contributed by atoms with van der Waals surface area (Å²) in [6.45, 7) is 4.54. The van der Waals surface area contributed by atoms with Gasteiger partial charge in [0.2, 0.25) is 0 Å². The van der Waals surface area contributed by atoms with Crippen molar-refractivity contribution in [1.82, 2.24) is 4.90 Å². The number of rotatable bonds is 2. The van der Waals surface area contributed by atoms with Crippen molar-refractivity contribution in [3.63, 3.8) is 0 Å². The molecule has 1 saturated carbocycles. The highest BCUT2D eigenvalue weighted by Crippen LogP contribution is 2.34. The topological polar surface area (TPSA) is 29.3 Å². The molecule has 1 aliphatic heterocycles. The second-order valence-corrected chi connectivity index (χ2v) is 5.23. The van der Waals surface area contributed by atoms with Crippen molar-refractivity contribution in [2.75, 3.05) is 13.1 Å². The first-order chi connectivity index (χ1) is 6.77. The number of piperidine rings is 1. The van der Waals surface area contributed by atoms with E-state index in [0.717, 1.165) is 18.5 Å². The van der Waals surface area contributed by atoms with E-state index >= 15 is 0 Å². The van der Waals surface area contributed by atoms with Crippen molar-refractivity contribution in [1.29, 1.82) is 0 Å². The van der Waals surface area contributed by atoms with Crippen LogP contribution < -0.4 is 5.73 Å². The van der Waals surface area contributed by atoms with Crippen molar-refractivity contribution in [2.24, 2.45) is 11.7 Å². The molecule has 0 aromatic heterocycles. The molecule has 0 aromatic rings. The van der Waals surface area contributed by atoms with Crippen LogP contribution in [-0.4, -0.2) is 30.1 Å². The lowest BCUT2D eigenvalue weighted by Crippen LogP contribution is -2.50. The summed E-state index contributed by atoms with van der Waals surface area (Å²) in [7, 11) is 0. The van der Waals surface area contributed by atoms with Gasteiger partial charge in [-0.15, -0.1) is 0 Å². The monoisotopic (exact) mass is 196 g/mol. The molecule has 2 heteroatoms. The standard InChI is InChI=1S/C12H24N2/c1-10(13)9-14-8-4-6-11-5-2-3-7-12(11)14/h10-12H,2-9,13H2,1H3/t10-,11?,12?/m0/s1. The average Bonchev–Trinajstić information content (AvgIpc) is 2.18. The van der Waals surface area contributed by atoms with Gasteiger partial charge in [0.05, 0.1) is 0 Å².